The highest BCUT2D eigenvalue weighted by atomic mass is 16.4. The van der Waals surface area contributed by atoms with Gasteiger partial charge in [-0.25, -0.2) is 4.79 Å². The summed E-state index contributed by atoms with van der Waals surface area (Å²) < 4.78 is 0. The highest BCUT2D eigenvalue weighted by Crippen LogP contribution is 2.09. The van der Waals surface area contributed by atoms with Gasteiger partial charge in [-0.05, 0) is 24.8 Å². The van der Waals surface area contributed by atoms with Gasteiger partial charge in [0.05, 0.1) is 12.5 Å². The van der Waals surface area contributed by atoms with E-state index in [9.17, 15) is 39.0 Å². The summed E-state index contributed by atoms with van der Waals surface area (Å²) in [5, 5.41) is 37.6. The van der Waals surface area contributed by atoms with Crippen molar-refractivity contribution in [2.75, 3.05) is 0 Å². The fraction of sp³-hybridized carbons (Fsp3) is 0.520. The first-order valence-corrected chi connectivity index (χ1v) is 12.1. The van der Waals surface area contributed by atoms with Crippen molar-refractivity contribution in [2.24, 2.45) is 5.92 Å². The minimum Gasteiger partial charge on any atom is -0.481 e. The normalized spacial score (nSPS) is 14.8. The maximum Gasteiger partial charge on any atom is 0.326 e. The number of aliphatic carboxylic acids is 2. The molecule has 210 valence electrons. The molecule has 0 bridgehead atoms. The first-order chi connectivity index (χ1) is 17.7. The molecule has 38 heavy (non-hydrogen) atoms. The van der Waals surface area contributed by atoms with Crippen LogP contribution in [-0.2, 0) is 35.2 Å². The number of carbonyl (C=O) groups excluding carboxylic acids is 4. The largest absolute Gasteiger partial charge is 0.481 e. The topological polar surface area (TPSA) is 211 Å². The smallest absolute Gasteiger partial charge is 0.326 e. The molecule has 0 saturated heterocycles. The molecule has 5 atom stereocenters. The SMILES string of the molecule is CC(=O)N[C@@H](Cc1ccccc1)C(=O)N[C@@H](CC(C)C)C(=O)N[C@H](C(=O)N[C@@H](CC(=O)O)C(=O)O)[C@@H](C)O. The van der Waals surface area contributed by atoms with Gasteiger partial charge in [-0.1, -0.05) is 44.2 Å². The first-order valence-electron chi connectivity index (χ1n) is 12.1. The van der Waals surface area contributed by atoms with Gasteiger partial charge in [0.1, 0.15) is 24.2 Å². The molecule has 0 aliphatic carbocycles. The third-order valence-electron chi connectivity index (χ3n) is 5.37. The van der Waals surface area contributed by atoms with Gasteiger partial charge >= 0.3 is 11.9 Å². The number of aliphatic hydroxyl groups is 1. The fourth-order valence-corrected chi connectivity index (χ4v) is 3.57. The molecule has 1 rings (SSSR count). The molecule has 0 fully saturated rings. The van der Waals surface area contributed by atoms with Gasteiger partial charge in [0, 0.05) is 13.3 Å². The van der Waals surface area contributed by atoms with E-state index in [2.05, 4.69) is 16.0 Å². The molecule has 13 nitrogen and oxygen atoms in total. The summed E-state index contributed by atoms with van der Waals surface area (Å²) in [7, 11) is 0. The van der Waals surface area contributed by atoms with Crippen molar-refractivity contribution < 1.29 is 44.1 Å². The standard InChI is InChI=1S/C25H36N4O9/c1-13(2)10-17(27-22(34)18(26-15(4)31)11-16-8-6-5-7-9-16)23(35)29-21(14(3)30)24(36)28-19(25(37)38)12-20(32)33/h5-9,13-14,17-19,21,30H,10-12H2,1-4H3,(H,26,31)(H,27,34)(H,28,36)(H,29,35)(H,32,33)(H,37,38)/t14-,17+,18+,19+,21+/m1/s1. The van der Waals surface area contributed by atoms with Crippen LogP contribution in [0.2, 0.25) is 0 Å². The maximum absolute atomic E-state index is 13.1. The Balaban J connectivity index is 3.08. The lowest BCUT2D eigenvalue weighted by atomic mass is 10.00. The zero-order valence-electron chi connectivity index (χ0n) is 21.8. The molecular formula is C25H36N4O9. The van der Waals surface area contributed by atoms with E-state index in [1.807, 2.05) is 5.32 Å². The van der Waals surface area contributed by atoms with Crippen molar-refractivity contribution in [3.63, 3.8) is 0 Å². The van der Waals surface area contributed by atoms with Crippen LogP contribution in [0.15, 0.2) is 30.3 Å². The summed E-state index contributed by atoms with van der Waals surface area (Å²) >= 11 is 0. The Morgan fingerprint density at radius 3 is 1.79 bits per heavy atom. The number of hydrogen-bond donors (Lipinski definition) is 7. The Kier molecular flexibility index (Phi) is 12.9. The van der Waals surface area contributed by atoms with Crippen molar-refractivity contribution in [1.29, 1.82) is 0 Å². The van der Waals surface area contributed by atoms with Crippen LogP contribution in [0.1, 0.15) is 46.1 Å². The zero-order valence-corrected chi connectivity index (χ0v) is 21.8. The maximum atomic E-state index is 13.1. The number of rotatable bonds is 15. The number of nitrogens with one attached hydrogen (secondary N) is 4. The highest BCUT2D eigenvalue weighted by molar-refractivity contribution is 5.95. The fourth-order valence-electron chi connectivity index (χ4n) is 3.57. The molecule has 1 aromatic rings. The number of amides is 4. The van der Waals surface area contributed by atoms with Crippen LogP contribution in [0.4, 0.5) is 0 Å². The Morgan fingerprint density at radius 2 is 1.32 bits per heavy atom. The predicted octanol–water partition coefficient (Wildman–Crippen LogP) is -0.826. The van der Waals surface area contributed by atoms with Crippen molar-refractivity contribution in [2.45, 2.75) is 77.2 Å². The molecule has 0 aromatic heterocycles. The second-order valence-corrected chi connectivity index (χ2v) is 9.36. The summed E-state index contributed by atoms with van der Waals surface area (Å²) in [6.07, 6.45) is -2.11. The Morgan fingerprint density at radius 1 is 0.763 bits per heavy atom. The van der Waals surface area contributed by atoms with Gasteiger partial charge in [-0.3, -0.25) is 24.0 Å². The van der Waals surface area contributed by atoms with Gasteiger partial charge < -0.3 is 36.6 Å². The van der Waals surface area contributed by atoms with Crippen molar-refractivity contribution in [1.82, 2.24) is 21.3 Å². The van der Waals surface area contributed by atoms with Crippen molar-refractivity contribution in [3.8, 4) is 0 Å². The number of aliphatic hydroxyl groups excluding tert-OH is 1. The lowest BCUT2D eigenvalue weighted by Gasteiger charge is -2.27. The summed E-state index contributed by atoms with van der Waals surface area (Å²) in [4.78, 5) is 72.8. The molecule has 0 spiro atoms. The molecule has 0 aliphatic heterocycles. The average Bonchev–Trinajstić information content (AvgIpc) is 2.80. The van der Waals surface area contributed by atoms with Crippen molar-refractivity contribution >= 4 is 35.6 Å². The van der Waals surface area contributed by atoms with Crippen LogP contribution in [0.3, 0.4) is 0 Å². The predicted molar refractivity (Wildman–Crippen MR) is 135 cm³/mol. The third-order valence-corrected chi connectivity index (χ3v) is 5.37. The Labute approximate surface area is 220 Å². The van der Waals surface area contributed by atoms with Gasteiger partial charge in [0.2, 0.25) is 23.6 Å². The van der Waals surface area contributed by atoms with Gasteiger partial charge in [0.15, 0.2) is 0 Å². The van der Waals surface area contributed by atoms with Crippen LogP contribution >= 0.6 is 0 Å². The monoisotopic (exact) mass is 536 g/mol. The van der Waals surface area contributed by atoms with E-state index in [0.29, 0.717) is 0 Å². The first kappa shape index (κ1) is 32.0. The molecule has 0 saturated carbocycles. The van der Waals surface area contributed by atoms with Gasteiger partial charge in [0.25, 0.3) is 0 Å². The van der Waals surface area contributed by atoms with Crippen LogP contribution in [0.25, 0.3) is 0 Å². The molecule has 0 aliphatic rings. The van der Waals surface area contributed by atoms with E-state index in [-0.39, 0.29) is 18.8 Å². The molecule has 0 unspecified atom stereocenters. The summed E-state index contributed by atoms with van der Waals surface area (Å²) in [6.45, 7) is 6.03. The number of benzene rings is 1. The lowest BCUT2D eigenvalue weighted by Crippen LogP contribution is -2.60. The van der Waals surface area contributed by atoms with Crippen LogP contribution in [0, 0.1) is 5.92 Å². The molecule has 13 heteroatoms. The summed E-state index contributed by atoms with van der Waals surface area (Å²) in [5.41, 5.74) is 0.770. The van der Waals surface area contributed by atoms with Crippen LogP contribution in [-0.4, -0.2) is 81.2 Å². The highest BCUT2D eigenvalue weighted by Gasteiger charge is 2.34. The molecule has 0 radical (unpaired) electrons. The second kappa shape index (κ2) is 15.3. The quantitative estimate of drug-likeness (QED) is 0.149. The molecule has 1 aromatic carbocycles. The van der Waals surface area contributed by atoms with E-state index in [1.54, 1.807) is 44.2 Å². The van der Waals surface area contributed by atoms with Crippen molar-refractivity contribution in [3.05, 3.63) is 35.9 Å². The zero-order chi connectivity index (χ0) is 29.0. The van der Waals surface area contributed by atoms with E-state index >= 15 is 0 Å². The molecule has 0 heterocycles. The lowest BCUT2D eigenvalue weighted by molar-refractivity contribution is -0.148. The van der Waals surface area contributed by atoms with Crippen LogP contribution in [0.5, 0.6) is 0 Å². The minimum atomic E-state index is -1.79. The molecular weight excluding hydrogens is 500 g/mol. The molecule has 4 amide bonds. The van der Waals surface area contributed by atoms with Gasteiger partial charge in [-0.15, -0.1) is 0 Å². The Hall–Kier alpha value is -4.00. The van der Waals surface area contributed by atoms with Crippen LogP contribution < -0.4 is 21.3 Å². The number of carboxylic acids is 2. The average molecular weight is 537 g/mol. The second-order valence-electron chi connectivity index (χ2n) is 9.36. The van der Waals surface area contributed by atoms with E-state index in [0.717, 1.165) is 5.56 Å². The van der Waals surface area contributed by atoms with E-state index in [1.165, 1.54) is 13.8 Å². The van der Waals surface area contributed by atoms with Gasteiger partial charge in [-0.2, -0.15) is 0 Å². The summed E-state index contributed by atoms with van der Waals surface area (Å²) in [6, 6.07) is 3.32. The number of carboxylic acid groups (broad SMARTS) is 2. The van der Waals surface area contributed by atoms with E-state index < -0.39 is 72.3 Å². The number of hydrogen-bond acceptors (Lipinski definition) is 7. The Bertz CT molecular complexity index is 998. The third kappa shape index (κ3) is 11.4. The summed E-state index contributed by atoms with van der Waals surface area (Å²) in [5.74, 6) is -6.22. The van der Waals surface area contributed by atoms with E-state index in [4.69, 9.17) is 5.11 Å². The molecule has 7 N–H and O–H groups in total. The number of carbonyl (C=O) groups is 6. The minimum absolute atomic E-state index is 0.0924.